The van der Waals surface area contributed by atoms with Crippen LogP contribution in [0.15, 0.2) is 78.9 Å². The maximum Gasteiger partial charge on any atom is 2.00 e. The topological polar surface area (TPSA) is 43.1 Å². The second-order valence-corrected chi connectivity index (χ2v) is 4.36. The van der Waals surface area contributed by atoms with Crippen LogP contribution in [-0.4, -0.2) is 4.92 Å². The first kappa shape index (κ1) is 17.6. The summed E-state index contributed by atoms with van der Waals surface area (Å²) in [7, 11) is 0. The SMILES string of the molecule is O=[N+]([O-])c1ccc(/C=C\[c-]2cccc2)cc1.[Fe+2].c1cc[cH-]c1. The van der Waals surface area contributed by atoms with Crippen molar-refractivity contribution in [2.45, 2.75) is 0 Å². The third-order valence-corrected chi connectivity index (χ3v) is 2.82. The molecule has 0 amide bonds. The first-order valence-corrected chi connectivity index (χ1v) is 6.56. The van der Waals surface area contributed by atoms with Gasteiger partial charge in [-0.1, -0.05) is 17.7 Å². The Kier molecular flexibility index (Phi) is 7.62. The van der Waals surface area contributed by atoms with Gasteiger partial charge in [-0.25, -0.2) is 12.1 Å². The first-order chi connectivity index (χ1) is 10.3. The molecule has 3 aromatic rings. The summed E-state index contributed by atoms with van der Waals surface area (Å²) < 4.78 is 0. The Balaban J connectivity index is 0.000000344. The van der Waals surface area contributed by atoms with E-state index in [1.807, 2.05) is 66.7 Å². The Morgan fingerprint density at radius 2 is 1.59 bits per heavy atom. The molecule has 4 heteroatoms. The first-order valence-electron chi connectivity index (χ1n) is 6.56. The fraction of sp³-hybridized carbons (Fsp3) is 0. The zero-order valence-electron chi connectivity index (χ0n) is 11.8. The Labute approximate surface area is 140 Å². The third kappa shape index (κ3) is 5.92. The number of hydrogen-bond acceptors (Lipinski definition) is 2. The van der Waals surface area contributed by atoms with Crippen molar-refractivity contribution in [3.63, 3.8) is 0 Å². The number of nitro benzene ring substituents is 1. The Hall–Kier alpha value is -2.42. The van der Waals surface area contributed by atoms with E-state index in [4.69, 9.17) is 0 Å². The maximum absolute atomic E-state index is 10.4. The molecule has 3 rings (SSSR count). The molecule has 0 bridgehead atoms. The average Bonchev–Trinajstić information content (AvgIpc) is 3.21. The standard InChI is InChI=1S/C13H10NO2.C5H5.Fe/c15-14(16)13-9-7-12(8-10-13)6-5-11-3-1-2-4-11;1-2-4-5-3-1;/h1-10H;1-5H;/q2*-1;+2/b6-5-;;. The van der Waals surface area contributed by atoms with Crippen LogP contribution in [0.1, 0.15) is 11.1 Å². The van der Waals surface area contributed by atoms with E-state index in [1.54, 1.807) is 12.1 Å². The quantitative estimate of drug-likeness (QED) is 0.296. The third-order valence-electron chi connectivity index (χ3n) is 2.82. The summed E-state index contributed by atoms with van der Waals surface area (Å²) in [6, 6.07) is 24.4. The number of non-ortho nitro benzene ring substituents is 1. The van der Waals surface area contributed by atoms with Crippen molar-refractivity contribution in [3.05, 3.63) is 100 Å². The number of nitrogens with zero attached hydrogens (tertiary/aromatic N) is 1. The number of benzene rings is 1. The molecule has 112 valence electrons. The molecule has 3 aromatic carbocycles. The minimum absolute atomic E-state index is 0. The van der Waals surface area contributed by atoms with E-state index in [2.05, 4.69) is 0 Å². The largest absolute Gasteiger partial charge is 2.00 e. The van der Waals surface area contributed by atoms with E-state index in [1.165, 1.54) is 12.1 Å². The van der Waals surface area contributed by atoms with Crippen LogP contribution in [0.25, 0.3) is 12.2 Å². The second-order valence-electron chi connectivity index (χ2n) is 4.36. The van der Waals surface area contributed by atoms with Crippen LogP contribution in [0.3, 0.4) is 0 Å². The Bertz CT molecular complexity index is 651. The summed E-state index contributed by atoms with van der Waals surface area (Å²) in [5.41, 5.74) is 2.19. The van der Waals surface area contributed by atoms with Gasteiger partial charge >= 0.3 is 17.1 Å². The molecular formula is C18H15FeNO2. The molecule has 0 heterocycles. The van der Waals surface area contributed by atoms with Crippen molar-refractivity contribution in [1.82, 2.24) is 0 Å². The van der Waals surface area contributed by atoms with Crippen LogP contribution < -0.4 is 0 Å². The normalized spacial score (nSPS) is 9.64. The number of hydrogen-bond donors (Lipinski definition) is 0. The molecule has 0 atom stereocenters. The number of nitro groups is 1. The summed E-state index contributed by atoms with van der Waals surface area (Å²) in [5, 5.41) is 10.4. The van der Waals surface area contributed by atoms with E-state index in [-0.39, 0.29) is 22.8 Å². The van der Waals surface area contributed by atoms with Gasteiger partial charge in [-0.05, 0) is 0 Å². The molecule has 3 nitrogen and oxygen atoms in total. The molecule has 0 N–H and O–H groups in total. The van der Waals surface area contributed by atoms with Gasteiger partial charge in [-0.2, -0.15) is 30.3 Å². The maximum atomic E-state index is 10.4. The molecule has 0 fully saturated rings. The molecule has 22 heavy (non-hydrogen) atoms. The van der Waals surface area contributed by atoms with Gasteiger partial charge in [0.25, 0.3) is 5.69 Å². The zero-order valence-corrected chi connectivity index (χ0v) is 12.9. The Morgan fingerprint density at radius 1 is 1.00 bits per heavy atom. The van der Waals surface area contributed by atoms with Gasteiger partial charge in [0.05, 0.1) is 4.92 Å². The predicted molar refractivity (Wildman–Crippen MR) is 86.1 cm³/mol. The van der Waals surface area contributed by atoms with Crippen LogP contribution >= 0.6 is 0 Å². The van der Waals surface area contributed by atoms with Gasteiger partial charge in [0.2, 0.25) is 0 Å². The Morgan fingerprint density at radius 3 is 2.05 bits per heavy atom. The van der Waals surface area contributed by atoms with E-state index < -0.39 is 4.92 Å². The summed E-state index contributed by atoms with van der Waals surface area (Å²) in [5.74, 6) is 0. The van der Waals surface area contributed by atoms with Crippen molar-refractivity contribution < 1.29 is 22.0 Å². The van der Waals surface area contributed by atoms with Crippen molar-refractivity contribution >= 4 is 17.8 Å². The van der Waals surface area contributed by atoms with Gasteiger partial charge in [-0.15, -0.1) is 29.8 Å². The average molecular weight is 333 g/mol. The monoisotopic (exact) mass is 333 g/mol. The molecule has 0 aliphatic rings. The van der Waals surface area contributed by atoms with Crippen molar-refractivity contribution in [2.24, 2.45) is 0 Å². The smallest absolute Gasteiger partial charge is 0.258 e. The van der Waals surface area contributed by atoms with Crippen molar-refractivity contribution in [2.75, 3.05) is 0 Å². The van der Waals surface area contributed by atoms with Crippen molar-refractivity contribution in [3.8, 4) is 0 Å². The molecule has 0 radical (unpaired) electrons. The van der Waals surface area contributed by atoms with Gasteiger partial charge < -0.3 is 0 Å². The second kappa shape index (κ2) is 9.50. The van der Waals surface area contributed by atoms with Crippen molar-refractivity contribution in [1.29, 1.82) is 0 Å². The predicted octanol–water partition coefficient (Wildman–Crippen LogP) is 4.89. The number of rotatable bonds is 3. The fourth-order valence-electron chi connectivity index (χ4n) is 1.72. The van der Waals surface area contributed by atoms with Gasteiger partial charge in [0, 0.05) is 12.1 Å². The van der Waals surface area contributed by atoms with E-state index in [0.29, 0.717) is 0 Å². The fourth-order valence-corrected chi connectivity index (χ4v) is 1.72. The molecular weight excluding hydrogens is 318 g/mol. The van der Waals surface area contributed by atoms with Crippen LogP contribution in [-0.2, 0) is 17.1 Å². The molecule has 0 saturated carbocycles. The summed E-state index contributed by atoms with van der Waals surface area (Å²) in [6.07, 6.45) is 3.90. The van der Waals surface area contributed by atoms with E-state index in [9.17, 15) is 10.1 Å². The van der Waals surface area contributed by atoms with Crippen LogP contribution in [0.2, 0.25) is 0 Å². The molecule has 0 saturated heterocycles. The van der Waals surface area contributed by atoms with Crippen LogP contribution in [0, 0.1) is 10.1 Å². The zero-order chi connectivity index (χ0) is 14.9. The molecule has 0 spiro atoms. The summed E-state index contributed by atoms with van der Waals surface area (Å²) in [6.45, 7) is 0. The summed E-state index contributed by atoms with van der Waals surface area (Å²) in [4.78, 5) is 10.0. The molecule has 0 aliphatic carbocycles. The molecule has 0 unspecified atom stereocenters. The minimum Gasteiger partial charge on any atom is -0.258 e. The van der Waals surface area contributed by atoms with Gasteiger partial charge in [-0.3, -0.25) is 10.1 Å². The van der Waals surface area contributed by atoms with Gasteiger partial charge in [0.1, 0.15) is 0 Å². The van der Waals surface area contributed by atoms with Gasteiger partial charge in [0.15, 0.2) is 0 Å². The van der Waals surface area contributed by atoms with Crippen LogP contribution in [0.5, 0.6) is 0 Å². The summed E-state index contributed by atoms with van der Waals surface area (Å²) >= 11 is 0. The van der Waals surface area contributed by atoms with E-state index in [0.717, 1.165) is 11.1 Å². The molecule has 0 aliphatic heterocycles. The van der Waals surface area contributed by atoms with E-state index >= 15 is 0 Å². The molecule has 0 aromatic heterocycles. The minimum atomic E-state index is -0.398. The van der Waals surface area contributed by atoms with Crippen LogP contribution in [0.4, 0.5) is 5.69 Å².